The second kappa shape index (κ2) is 11.1. The van der Waals surface area contributed by atoms with Crippen molar-refractivity contribution in [1.29, 1.82) is 0 Å². The summed E-state index contributed by atoms with van der Waals surface area (Å²) in [6.45, 7) is 0.667. The van der Waals surface area contributed by atoms with Crippen LogP contribution in [0.1, 0.15) is 15.9 Å². The molecule has 0 fully saturated rings. The molecule has 2 aromatic heterocycles. The van der Waals surface area contributed by atoms with E-state index in [2.05, 4.69) is 16.6 Å². The molecule has 3 aromatic rings. The highest BCUT2D eigenvalue weighted by molar-refractivity contribution is 6.15. The number of aromatic amines is 1. The van der Waals surface area contributed by atoms with Crippen LogP contribution in [0, 0.1) is 5.21 Å². The van der Waals surface area contributed by atoms with Crippen LogP contribution in [0.4, 0.5) is 0 Å². The van der Waals surface area contributed by atoms with E-state index >= 15 is 0 Å². The van der Waals surface area contributed by atoms with Gasteiger partial charge < -0.3 is 15.1 Å². The molecule has 6 nitrogen and oxygen atoms in total. The quantitative estimate of drug-likeness (QED) is 0.422. The summed E-state index contributed by atoms with van der Waals surface area (Å²) in [5, 5.41) is 20.7. The first kappa shape index (κ1) is 20.5. The Morgan fingerprint density at radius 2 is 1.92 bits per heavy atom. The van der Waals surface area contributed by atoms with Gasteiger partial charge in [-0.3, -0.25) is 0 Å². The van der Waals surface area contributed by atoms with Gasteiger partial charge in [-0.25, -0.2) is 14.5 Å². The smallest absolute Gasteiger partial charge is 0.335 e. The minimum absolute atomic E-state index is 0.331. The fraction of sp³-hybridized carbons (Fsp3) is 0.222. The molecule has 25 heavy (non-hydrogen) atoms. The molecule has 2 N–H and O–H groups in total. The molecule has 7 heteroatoms. The van der Waals surface area contributed by atoms with Crippen LogP contribution >= 0.6 is 11.6 Å². The molecule has 3 rings (SSSR count). The summed E-state index contributed by atoms with van der Waals surface area (Å²) in [5.41, 5.74) is 2.06. The molecule has 0 unspecified atom stereocenters. The van der Waals surface area contributed by atoms with E-state index < -0.39 is 5.97 Å². The van der Waals surface area contributed by atoms with Crippen LogP contribution < -0.4 is 4.73 Å². The number of rotatable bonds is 4. The topological polar surface area (TPSA) is 89.3 Å². The highest BCUT2D eigenvalue weighted by Crippen LogP contribution is 2.14. The molecular weight excluding hydrogens is 344 g/mol. The molecule has 1 aromatic carbocycles. The summed E-state index contributed by atoms with van der Waals surface area (Å²) in [6, 6.07) is 12.0. The number of benzene rings is 1. The molecule has 0 amide bonds. The number of H-pyrrole nitrogens is 1. The third-order valence-corrected chi connectivity index (χ3v) is 3.29. The van der Waals surface area contributed by atoms with Crippen molar-refractivity contribution < 1.29 is 19.4 Å². The molecule has 0 spiro atoms. The van der Waals surface area contributed by atoms with Gasteiger partial charge in [-0.05, 0) is 24.3 Å². The fourth-order valence-corrected chi connectivity index (χ4v) is 2.12. The van der Waals surface area contributed by atoms with Gasteiger partial charge in [-0.2, -0.15) is 0 Å². The zero-order valence-corrected chi connectivity index (χ0v) is 14.9. The molecular formula is C18H21ClN2O4. The minimum atomic E-state index is -0.879. The average molecular weight is 365 g/mol. The van der Waals surface area contributed by atoms with Crippen molar-refractivity contribution in [3.63, 3.8) is 0 Å². The second-order valence-electron chi connectivity index (χ2n) is 4.82. The predicted octanol–water partition coefficient (Wildman–Crippen LogP) is 3.23. The number of carboxylic acids is 1. The average Bonchev–Trinajstić information content (AvgIpc) is 3.07. The normalized spacial score (nSPS) is 9.56. The first-order valence-corrected chi connectivity index (χ1v) is 8.22. The van der Waals surface area contributed by atoms with E-state index in [1.54, 1.807) is 43.5 Å². The van der Waals surface area contributed by atoms with Gasteiger partial charge in [-0.15, -0.1) is 11.6 Å². The number of alkyl halides is 1. The number of hydrogen-bond donors (Lipinski definition) is 2. The van der Waals surface area contributed by atoms with Crippen LogP contribution in [0.25, 0.3) is 11.0 Å². The van der Waals surface area contributed by atoms with Crippen molar-refractivity contribution in [2.24, 2.45) is 0 Å². The standard InChI is InChI=1S/C10H12N2O2.C7H6O2.CH3Cl/c1-14-6-4-8-7-11-10-9(8)3-2-5-12(10)13;8-7(9)6-4-2-1-3-5-6;1-2/h2-3,5,7,11H,4,6H2,1H3;1-5H,(H,8,9);1H3. The van der Waals surface area contributed by atoms with E-state index in [0.717, 1.165) is 22.1 Å². The van der Waals surface area contributed by atoms with Crippen molar-refractivity contribution >= 4 is 28.6 Å². The second-order valence-corrected chi connectivity index (χ2v) is 4.82. The number of aromatic carboxylic acids is 1. The van der Waals surface area contributed by atoms with Crippen LogP contribution in [0.2, 0.25) is 0 Å². The van der Waals surface area contributed by atoms with Gasteiger partial charge in [0, 0.05) is 25.5 Å². The van der Waals surface area contributed by atoms with Crippen molar-refractivity contribution in [2.75, 3.05) is 20.1 Å². The maximum absolute atomic E-state index is 11.3. The summed E-state index contributed by atoms with van der Waals surface area (Å²) in [7, 11) is 1.67. The Labute approximate surface area is 151 Å². The summed E-state index contributed by atoms with van der Waals surface area (Å²) in [5.74, 6) is -0.879. The van der Waals surface area contributed by atoms with E-state index in [0.29, 0.717) is 17.8 Å². The molecule has 0 saturated carbocycles. The number of fused-ring (bicyclic) bond motifs is 1. The van der Waals surface area contributed by atoms with Gasteiger partial charge in [0.25, 0.3) is 5.65 Å². The molecule has 0 aliphatic rings. The first-order valence-electron chi connectivity index (χ1n) is 7.46. The maximum Gasteiger partial charge on any atom is 0.335 e. The van der Waals surface area contributed by atoms with Crippen molar-refractivity contribution in [3.05, 3.63) is 71.2 Å². The highest BCUT2D eigenvalue weighted by atomic mass is 35.5. The van der Waals surface area contributed by atoms with E-state index in [4.69, 9.17) is 9.84 Å². The number of halogens is 1. The SMILES string of the molecule is CCl.COCCc1c[nH]c2c1ccc[n+]2[O-].O=C(O)c1ccccc1. The third kappa shape index (κ3) is 6.10. The van der Waals surface area contributed by atoms with Crippen LogP contribution in [0.5, 0.6) is 0 Å². The van der Waals surface area contributed by atoms with Crippen LogP contribution in [0.3, 0.4) is 0 Å². The van der Waals surface area contributed by atoms with Crippen molar-refractivity contribution in [3.8, 4) is 0 Å². The number of pyridine rings is 1. The molecule has 0 aliphatic heterocycles. The van der Waals surface area contributed by atoms with E-state index in [1.165, 1.54) is 12.6 Å². The molecule has 2 heterocycles. The lowest BCUT2D eigenvalue weighted by atomic mass is 10.2. The van der Waals surface area contributed by atoms with Gasteiger partial charge in [-0.1, -0.05) is 18.2 Å². The predicted molar refractivity (Wildman–Crippen MR) is 98.0 cm³/mol. The van der Waals surface area contributed by atoms with Crippen molar-refractivity contribution in [2.45, 2.75) is 6.42 Å². The zero-order chi connectivity index (χ0) is 18.7. The van der Waals surface area contributed by atoms with Crippen LogP contribution in [0.15, 0.2) is 54.9 Å². The van der Waals surface area contributed by atoms with E-state index in [9.17, 15) is 10.0 Å². The number of carboxylic acid groups (broad SMARTS) is 1. The monoisotopic (exact) mass is 364 g/mol. The Bertz CT molecular complexity index is 775. The number of hydrogen-bond acceptors (Lipinski definition) is 3. The van der Waals surface area contributed by atoms with E-state index in [1.807, 2.05) is 12.3 Å². The lowest BCUT2D eigenvalue weighted by Crippen LogP contribution is -2.25. The molecule has 0 atom stereocenters. The molecule has 0 aliphatic carbocycles. The molecule has 0 saturated heterocycles. The maximum atomic E-state index is 11.3. The third-order valence-electron chi connectivity index (χ3n) is 3.29. The molecule has 134 valence electrons. The Morgan fingerprint density at radius 3 is 2.48 bits per heavy atom. The summed E-state index contributed by atoms with van der Waals surface area (Å²) < 4.78 is 5.83. The largest absolute Gasteiger partial charge is 0.711 e. The fourth-order valence-electron chi connectivity index (χ4n) is 2.12. The van der Waals surface area contributed by atoms with Gasteiger partial charge in [0.05, 0.1) is 30.0 Å². The number of nitrogens with zero attached hydrogens (tertiary/aromatic N) is 1. The van der Waals surface area contributed by atoms with Crippen molar-refractivity contribution in [1.82, 2.24) is 4.98 Å². The lowest BCUT2D eigenvalue weighted by molar-refractivity contribution is -0.579. The van der Waals surface area contributed by atoms with Gasteiger partial charge in [0.15, 0.2) is 0 Å². The van der Waals surface area contributed by atoms with Crippen LogP contribution in [-0.2, 0) is 11.2 Å². The number of carbonyl (C=O) groups is 1. The lowest BCUT2D eigenvalue weighted by Gasteiger charge is -2.01. The number of methoxy groups -OCH3 is 1. The Morgan fingerprint density at radius 1 is 1.24 bits per heavy atom. The summed E-state index contributed by atoms with van der Waals surface area (Å²) in [4.78, 5) is 13.2. The number of ether oxygens (including phenoxy) is 1. The van der Waals surface area contributed by atoms with Gasteiger partial charge >= 0.3 is 5.97 Å². The van der Waals surface area contributed by atoms with Gasteiger partial charge in [0.2, 0.25) is 0 Å². The van der Waals surface area contributed by atoms with E-state index in [-0.39, 0.29) is 0 Å². The zero-order valence-electron chi connectivity index (χ0n) is 14.1. The van der Waals surface area contributed by atoms with Gasteiger partial charge in [0.1, 0.15) is 0 Å². The molecule has 0 radical (unpaired) electrons. The molecule has 0 bridgehead atoms. The first-order chi connectivity index (χ1) is 12.1. The summed E-state index contributed by atoms with van der Waals surface area (Å²) in [6.07, 6.45) is 5.64. The number of nitrogens with one attached hydrogen (secondary N) is 1. The summed E-state index contributed by atoms with van der Waals surface area (Å²) >= 11 is 4.64. The Hall–Kier alpha value is -2.57. The minimum Gasteiger partial charge on any atom is -0.711 e. The highest BCUT2D eigenvalue weighted by Gasteiger charge is 2.09. The Balaban J connectivity index is 0.000000246. The number of aromatic nitrogens is 2. The van der Waals surface area contributed by atoms with Crippen LogP contribution in [-0.4, -0.2) is 36.2 Å². The Kier molecular flexibility index (Phi) is 9.06.